The fourth-order valence-corrected chi connectivity index (χ4v) is 1.36. The SMILES string of the molecule is C[C@H](OCC(=O)NCC1CCCO1)C(=O)O. The summed E-state index contributed by atoms with van der Waals surface area (Å²) in [6, 6.07) is 0. The van der Waals surface area contributed by atoms with Crippen LogP contribution < -0.4 is 5.32 Å². The Labute approximate surface area is 93.9 Å². The minimum atomic E-state index is -1.08. The van der Waals surface area contributed by atoms with Crippen molar-refractivity contribution in [2.75, 3.05) is 19.8 Å². The van der Waals surface area contributed by atoms with Crippen molar-refractivity contribution in [1.82, 2.24) is 5.32 Å². The highest BCUT2D eigenvalue weighted by Gasteiger charge is 2.17. The molecule has 0 aliphatic carbocycles. The molecule has 1 heterocycles. The van der Waals surface area contributed by atoms with Crippen LogP contribution in [0, 0.1) is 0 Å². The molecule has 0 aromatic carbocycles. The van der Waals surface area contributed by atoms with E-state index in [4.69, 9.17) is 14.6 Å². The zero-order chi connectivity index (χ0) is 12.0. The largest absolute Gasteiger partial charge is 0.479 e. The van der Waals surface area contributed by atoms with E-state index in [1.165, 1.54) is 6.92 Å². The lowest BCUT2D eigenvalue weighted by atomic mass is 10.2. The smallest absolute Gasteiger partial charge is 0.332 e. The van der Waals surface area contributed by atoms with Crippen LogP contribution in [-0.2, 0) is 19.1 Å². The van der Waals surface area contributed by atoms with Crippen LogP contribution in [0.4, 0.5) is 0 Å². The van der Waals surface area contributed by atoms with Crippen LogP contribution in [0.2, 0.25) is 0 Å². The van der Waals surface area contributed by atoms with Crippen molar-refractivity contribution in [3.8, 4) is 0 Å². The summed E-state index contributed by atoms with van der Waals surface area (Å²) < 4.78 is 10.1. The third-order valence-electron chi connectivity index (χ3n) is 2.36. The van der Waals surface area contributed by atoms with Gasteiger partial charge in [0.05, 0.1) is 6.10 Å². The molecule has 0 radical (unpaired) electrons. The van der Waals surface area contributed by atoms with Gasteiger partial charge in [0.25, 0.3) is 0 Å². The van der Waals surface area contributed by atoms with Crippen LogP contribution in [0.1, 0.15) is 19.8 Å². The van der Waals surface area contributed by atoms with Crippen LogP contribution in [0.25, 0.3) is 0 Å². The topological polar surface area (TPSA) is 84.9 Å². The summed E-state index contributed by atoms with van der Waals surface area (Å²) in [6.45, 7) is 2.35. The number of carboxylic acids is 1. The van der Waals surface area contributed by atoms with Crippen LogP contribution in [0.3, 0.4) is 0 Å². The first-order chi connectivity index (χ1) is 7.59. The van der Waals surface area contributed by atoms with E-state index in [0.29, 0.717) is 6.54 Å². The molecule has 6 heteroatoms. The summed E-state index contributed by atoms with van der Waals surface area (Å²) in [4.78, 5) is 21.6. The van der Waals surface area contributed by atoms with Crippen molar-refractivity contribution in [1.29, 1.82) is 0 Å². The Kier molecular flexibility index (Phi) is 5.21. The number of nitrogens with one attached hydrogen (secondary N) is 1. The molecule has 1 saturated heterocycles. The van der Waals surface area contributed by atoms with Gasteiger partial charge in [-0.1, -0.05) is 0 Å². The molecule has 1 fully saturated rings. The summed E-state index contributed by atoms with van der Waals surface area (Å²) in [5.41, 5.74) is 0. The number of carbonyl (C=O) groups excluding carboxylic acids is 1. The zero-order valence-electron chi connectivity index (χ0n) is 9.27. The predicted octanol–water partition coefficient (Wildman–Crippen LogP) is -0.229. The van der Waals surface area contributed by atoms with Gasteiger partial charge in [-0.2, -0.15) is 0 Å². The van der Waals surface area contributed by atoms with Gasteiger partial charge >= 0.3 is 5.97 Å². The lowest BCUT2D eigenvalue weighted by Gasteiger charge is -2.12. The van der Waals surface area contributed by atoms with Gasteiger partial charge in [0.2, 0.25) is 5.91 Å². The van der Waals surface area contributed by atoms with Crippen molar-refractivity contribution in [3.05, 3.63) is 0 Å². The number of carbonyl (C=O) groups is 2. The van der Waals surface area contributed by atoms with Crippen molar-refractivity contribution in [2.24, 2.45) is 0 Å². The molecule has 1 unspecified atom stereocenters. The quantitative estimate of drug-likeness (QED) is 0.659. The van der Waals surface area contributed by atoms with E-state index in [0.717, 1.165) is 19.4 Å². The van der Waals surface area contributed by atoms with Crippen molar-refractivity contribution < 1.29 is 24.2 Å². The number of hydrogen-bond donors (Lipinski definition) is 2. The van der Waals surface area contributed by atoms with Crippen molar-refractivity contribution in [2.45, 2.75) is 32.0 Å². The summed E-state index contributed by atoms with van der Waals surface area (Å²) >= 11 is 0. The highest BCUT2D eigenvalue weighted by atomic mass is 16.5. The van der Waals surface area contributed by atoms with Crippen molar-refractivity contribution in [3.63, 3.8) is 0 Å². The summed E-state index contributed by atoms with van der Waals surface area (Å²) in [5, 5.41) is 11.2. The molecule has 0 saturated carbocycles. The van der Waals surface area contributed by atoms with Crippen LogP contribution in [0.5, 0.6) is 0 Å². The minimum Gasteiger partial charge on any atom is -0.479 e. The van der Waals surface area contributed by atoms with E-state index in [-0.39, 0.29) is 18.6 Å². The van der Waals surface area contributed by atoms with Gasteiger partial charge in [-0.15, -0.1) is 0 Å². The molecule has 92 valence electrons. The maximum atomic E-state index is 11.2. The van der Waals surface area contributed by atoms with Gasteiger partial charge in [0.1, 0.15) is 6.61 Å². The van der Waals surface area contributed by atoms with E-state index >= 15 is 0 Å². The van der Waals surface area contributed by atoms with Gasteiger partial charge in [-0.25, -0.2) is 4.79 Å². The maximum Gasteiger partial charge on any atom is 0.332 e. The Balaban J connectivity index is 2.08. The Bertz CT molecular complexity index is 250. The van der Waals surface area contributed by atoms with Gasteiger partial charge in [0.15, 0.2) is 6.10 Å². The second kappa shape index (κ2) is 6.44. The highest BCUT2D eigenvalue weighted by Crippen LogP contribution is 2.10. The Morgan fingerprint density at radius 3 is 2.94 bits per heavy atom. The molecular formula is C10H17NO5. The Hall–Kier alpha value is -1.14. The molecule has 0 spiro atoms. The molecule has 0 aromatic heterocycles. The molecule has 1 aliphatic rings. The fraction of sp³-hybridized carbons (Fsp3) is 0.800. The first-order valence-electron chi connectivity index (χ1n) is 5.32. The fourth-order valence-electron chi connectivity index (χ4n) is 1.36. The first-order valence-corrected chi connectivity index (χ1v) is 5.32. The predicted molar refractivity (Wildman–Crippen MR) is 55.0 cm³/mol. The number of rotatable bonds is 6. The monoisotopic (exact) mass is 231 g/mol. The second-order valence-electron chi connectivity index (χ2n) is 3.73. The minimum absolute atomic E-state index is 0.0841. The molecule has 1 rings (SSSR count). The average molecular weight is 231 g/mol. The molecule has 2 N–H and O–H groups in total. The summed E-state index contributed by atoms with van der Waals surface area (Å²) in [6.07, 6.45) is 1.09. The number of carboxylic acid groups (broad SMARTS) is 1. The van der Waals surface area contributed by atoms with Gasteiger partial charge in [-0.05, 0) is 19.8 Å². The van der Waals surface area contributed by atoms with Crippen molar-refractivity contribution >= 4 is 11.9 Å². The van der Waals surface area contributed by atoms with Crippen LogP contribution in [0.15, 0.2) is 0 Å². The molecule has 6 nitrogen and oxygen atoms in total. The average Bonchev–Trinajstić information content (AvgIpc) is 2.75. The normalized spacial score (nSPS) is 21.7. The van der Waals surface area contributed by atoms with E-state index in [2.05, 4.69) is 5.32 Å². The van der Waals surface area contributed by atoms with Gasteiger partial charge in [-0.3, -0.25) is 4.79 Å². The third-order valence-corrected chi connectivity index (χ3v) is 2.36. The second-order valence-corrected chi connectivity index (χ2v) is 3.73. The molecule has 2 atom stereocenters. The lowest BCUT2D eigenvalue weighted by molar-refractivity contribution is -0.150. The summed E-state index contributed by atoms with van der Waals surface area (Å²) in [5.74, 6) is -1.39. The maximum absolute atomic E-state index is 11.2. The lowest BCUT2D eigenvalue weighted by Crippen LogP contribution is -2.36. The first kappa shape index (κ1) is 12.9. The number of amides is 1. The van der Waals surface area contributed by atoms with E-state index in [1.54, 1.807) is 0 Å². The molecule has 16 heavy (non-hydrogen) atoms. The van der Waals surface area contributed by atoms with Crippen LogP contribution >= 0.6 is 0 Å². The van der Waals surface area contributed by atoms with Gasteiger partial charge < -0.3 is 19.9 Å². The number of ether oxygens (including phenoxy) is 2. The molecule has 1 amide bonds. The van der Waals surface area contributed by atoms with Gasteiger partial charge in [0, 0.05) is 13.2 Å². The Morgan fingerprint density at radius 1 is 1.62 bits per heavy atom. The highest BCUT2D eigenvalue weighted by molar-refractivity contribution is 5.78. The molecule has 0 bridgehead atoms. The third kappa shape index (κ3) is 4.59. The number of hydrogen-bond acceptors (Lipinski definition) is 4. The standard InChI is InChI=1S/C10H17NO5/c1-7(10(13)14)16-6-9(12)11-5-8-3-2-4-15-8/h7-8H,2-6H2,1H3,(H,11,12)(H,13,14)/t7-,8?/m0/s1. The molecule has 1 aliphatic heterocycles. The van der Waals surface area contributed by atoms with E-state index < -0.39 is 12.1 Å². The van der Waals surface area contributed by atoms with E-state index in [1.807, 2.05) is 0 Å². The van der Waals surface area contributed by atoms with Crippen LogP contribution in [-0.4, -0.2) is 48.9 Å². The zero-order valence-corrected chi connectivity index (χ0v) is 9.27. The van der Waals surface area contributed by atoms with E-state index in [9.17, 15) is 9.59 Å². The molecule has 0 aromatic rings. The molecular weight excluding hydrogens is 214 g/mol. The number of aliphatic carboxylic acids is 1. The Morgan fingerprint density at radius 2 is 2.38 bits per heavy atom. The summed E-state index contributed by atoms with van der Waals surface area (Å²) in [7, 11) is 0.